The van der Waals surface area contributed by atoms with E-state index in [1.165, 1.54) is 0 Å². The van der Waals surface area contributed by atoms with Crippen LogP contribution in [0, 0.1) is 10.7 Å². The van der Waals surface area contributed by atoms with Crippen LogP contribution in [0.25, 0.3) is 0 Å². The average Bonchev–Trinajstić information content (AvgIpc) is 2.38. The van der Waals surface area contributed by atoms with Gasteiger partial charge >= 0.3 is 0 Å². The van der Waals surface area contributed by atoms with E-state index in [9.17, 15) is 0 Å². The zero-order valence-corrected chi connectivity index (χ0v) is 7.64. The summed E-state index contributed by atoms with van der Waals surface area (Å²) in [6.07, 6.45) is 7.79. The highest BCUT2D eigenvalue weighted by molar-refractivity contribution is 8.35. The number of thiocyanates is 1. The van der Waals surface area contributed by atoms with E-state index in [0.717, 1.165) is 0 Å². The second kappa shape index (κ2) is 3.46. The molecule has 11 heavy (non-hydrogen) atoms. The minimum Gasteiger partial charge on any atom is -0.344 e. The Hall–Kier alpha value is -0.920. The first kappa shape index (κ1) is 10.1. The summed E-state index contributed by atoms with van der Waals surface area (Å²) in [6, 6.07) is 3.87. The molecule has 3 nitrogen and oxygen atoms in total. The number of hydrogen-bond acceptors (Lipinski definition) is 2. The summed E-state index contributed by atoms with van der Waals surface area (Å²) >= 11 is 0. The Morgan fingerprint density at radius 2 is 1.73 bits per heavy atom. The minimum absolute atomic E-state index is 0. The molecule has 0 spiro atoms. The van der Waals surface area contributed by atoms with E-state index >= 15 is 0 Å². The molecule has 0 aliphatic heterocycles. The van der Waals surface area contributed by atoms with Crippen molar-refractivity contribution in [3.8, 4) is 5.40 Å². The quantitative estimate of drug-likeness (QED) is 0.656. The van der Waals surface area contributed by atoms with Crippen molar-refractivity contribution < 1.29 is 0 Å². The van der Waals surface area contributed by atoms with Crippen LogP contribution in [-0.4, -0.2) is 16.5 Å². The van der Waals surface area contributed by atoms with E-state index in [1.807, 2.05) is 41.0 Å². The van der Waals surface area contributed by atoms with E-state index < -0.39 is 10.2 Å². The molecule has 1 aromatic heterocycles. The van der Waals surface area contributed by atoms with Gasteiger partial charge in [-0.2, -0.15) is 5.26 Å². The molecule has 0 radical (unpaired) electrons. The molecule has 0 atom stereocenters. The van der Waals surface area contributed by atoms with Crippen molar-refractivity contribution in [1.29, 1.82) is 5.26 Å². The highest BCUT2D eigenvalue weighted by atomic mass is 32.3. The minimum atomic E-state index is -1.23. The summed E-state index contributed by atoms with van der Waals surface area (Å²) in [5.74, 6) is 0. The molecule has 1 heterocycles. The largest absolute Gasteiger partial charge is 0.344 e. The van der Waals surface area contributed by atoms with Gasteiger partial charge in [0.2, 0.25) is 0 Å². The van der Waals surface area contributed by atoms with E-state index in [2.05, 4.69) is 5.40 Å². The van der Waals surface area contributed by atoms with Crippen molar-refractivity contribution in [1.82, 2.24) is 10.1 Å². The van der Waals surface area contributed by atoms with E-state index in [0.29, 0.717) is 0 Å². The van der Waals surface area contributed by atoms with Crippen molar-refractivity contribution >= 4 is 10.2 Å². The molecule has 0 fully saturated rings. The number of aromatic nitrogens is 1. The molecule has 0 saturated carbocycles. The Morgan fingerprint density at radius 1 is 1.27 bits per heavy atom. The lowest BCUT2D eigenvalue weighted by Gasteiger charge is -2.23. The summed E-state index contributed by atoms with van der Waals surface area (Å²) in [5.41, 5.74) is 0. The molecule has 1 aromatic rings. The summed E-state index contributed by atoms with van der Waals surface area (Å²) in [4.78, 5) is 0. The van der Waals surface area contributed by atoms with Gasteiger partial charge in [0, 0.05) is 12.4 Å². The van der Waals surface area contributed by atoms with Crippen molar-refractivity contribution in [3.05, 3.63) is 24.5 Å². The lowest BCUT2D eigenvalue weighted by molar-refractivity contribution is 1.26. The van der Waals surface area contributed by atoms with Gasteiger partial charge in [-0.1, -0.05) is 10.2 Å². The fourth-order valence-electron chi connectivity index (χ4n) is 0.670. The number of hydrogen-bond donors (Lipinski definition) is 1. The van der Waals surface area contributed by atoms with Crippen LogP contribution in [0.3, 0.4) is 0 Å². The van der Waals surface area contributed by atoms with Crippen LogP contribution in [0.1, 0.15) is 0 Å². The molecule has 4 heteroatoms. The zero-order valence-electron chi connectivity index (χ0n) is 6.82. The first-order valence-corrected chi connectivity index (χ1v) is 5.35. The number of rotatable bonds is 1. The molecule has 0 aliphatic carbocycles. The van der Waals surface area contributed by atoms with Crippen LogP contribution < -0.4 is 6.15 Å². The van der Waals surface area contributed by atoms with Gasteiger partial charge < -0.3 is 10.1 Å². The molecule has 0 bridgehead atoms. The predicted octanol–water partition coefficient (Wildman–Crippen LogP) is 1.96. The molecule has 0 unspecified atom stereocenters. The Bertz CT molecular complexity index is 245. The van der Waals surface area contributed by atoms with Gasteiger partial charge in [-0.05, 0) is 24.6 Å². The zero-order chi connectivity index (χ0) is 7.61. The van der Waals surface area contributed by atoms with Crippen LogP contribution in [0.5, 0.6) is 0 Å². The van der Waals surface area contributed by atoms with Crippen LogP contribution in [0.4, 0.5) is 0 Å². The van der Waals surface area contributed by atoms with Gasteiger partial charge in [0.15, 0.2) is 0 Å². The van der Waals surface area contributed by atoms with Gasteiger partial charge in [0.1, 0.15) is 5.40 Å². The molecule has 0 aromatic carbocycles. The smallest absolute Gasteiger partial charge is 0.131 e. The standard InChI is InChI=1S/C7H10N2S.H3N/c1-10(2,7-8)9-5-3-4-6-9;/h3-6H,1-2H3;1H3. The molecule has 0 aliphatic rings. The van der Waals surface area contributed by atoms with Gasteiger partial charge in [-0.25, -0.2) is 0 Å². The highest BCUT2D eigenvalue weighted by Gasteiger charge is 2.09. The number of nitrogens with zero attached hydrogens (tertiary/aromatic N) is 2. The predicted molar refractivity (Wildman–Crippen MR) is 49.9 cm³/mol. The number of nitriles is 1. The van der Waals surface area contributed by atoms with E-state index in [1.54, 1.807) is 0 Å². The Balaban J connectivity index is 0.000001000. The maximum absolute atomic E-state index is 8.73. The molecular formula is C7H13N3S. The Kier molecular flexibility index (Phi) is 3.18. The van der Waals surface area contributed by atoms with Crippen molar-refractivity contribution in [2.75, 3.05) is 12.5 Å². The lowest BCUT2D eigenvalue weighted by Crippen LogP contribution is -2.01. The third kappa shape index (κ3) is 2.00. The first-order chi connectivity index (χ1) is 4.67. The molecule has 0 saturated heterocycles. The van der Waals surface area contributed by atoms with Crippen LogP contribution in [0.15, 0.2) is 24.5 Å². The summed E-state index contributed by atoms with van der Waals surface area (Å²) in [7, 11) is -1.23. The van der Waals surface area contributed by atoms with Crippen molar-refractivity contribution in [2.45, 2.75) is 0 Å². The molecular weight excluding hydrogens is 158 g/mol. The SMILES string of the molecule is CS(C)(C#N)n1cccc1.N. The lowest BCUT2D eigenvalue weighted by atomic mass is 10.7. The third-order valence-electron chi connectivity index (χ3n) is 1.33. The normalized spacial score (nSPS) is 11.4. The van der Waals surface area contributed by atoms with Gasteiger partial charge in [0.25, 0.3) is 0 Å². The second-order valence-corrected chi connectivity index (χ2v) is 5.56. The molecule has 1 rings (SSSR count). The third-order valence-corrected chi connectivity index (χ3v) is 3.07. The van der Waals surface area contributed by atoms with Gasteiger partial charge in [-0.3, -0.25) is 0 Å². The van der Waals surface area contributed by atoms with E-state index in [-0.39, 0.29) is 6.15 Å². The molecule has 62 valence electrons. The highest BCUT2D eigenvalue weighted by Crippen LogP contribution is 2.39. The maximum atomic E-state index is 8.73. The van der Waals surface area contributed by atoms with Crippen molar-refractivity contribution in [3.63, 3.8) is 0 Å². The topological polar surface area (TPSA) is 63.7 Å². The maximum Gasteiger partial charge on any atom is 0.131 e. The Morgan fingerprint density at radius 3 is 2.09 bits per heavy atom. The van der Waals surface area contributed by atoms with Crippen LogP contribution in [0.2, 0.25) is 0 Å². The van der Waals surface area contributed by atoms with E-state index in [4.69, 9.17) is 5.26 Å². The second-order valence-electron chi connectivity index (χ2n) is 2.41. The fraction of sp³-hybridized carbons (Fsp3) is 0.286. The van der Waals surface area contributed by atoms with Crippen LogP contribution in [-0.2, 0) is 0 Å². The molecule has 0 amide bonds. The first-order valence-electron chi connectivity index (χ1n) is 2.94. The Labute approximate surface area is 68.7 Å². The average molecular weight is 171 g/mol. The monoisotopic (exact) mass is 171 g/mol. The molecule has 3 N–H and O–H groups in total. The summed E-state index contributed by atoms with van der Waals surface area (Å²) in [6.45, 7) is 0. The summed E-state index contributed by atoms with van der Waals surface area (Å²) < 4.78 is 1.97. The van der Waals surface area contributed by atoms with Gasteiger partial charge in [0.05, 0.1) is 0 Å². The van der Waals surface area contributed by atoms with Gasteiger partial charge in [-0.15, -0.1) is 0 Å². The summed E-state index contributed by atoms with van der Waals surface area (Å²) in [5, 5.41) is 11.0. The fourth-order valence-corrected chi connectivity index (χ4v) is 1.51. The van der Waals surface area contributed by atoms with Crippen molar-refractivity contribution in [2.24, 2.45) is 0 Å². The van der Waals surface area contributed by atoms with Crippen LogP contribution >= 0.6 is 10.2 Å².